The molecule has 1 N–H and O–H groups in total. The zero-order valence-electron chi connectivity index (χ0n) is 9.72. The van der Waals surface area contributed by atoms with Gasteiger partial charge >= 0.3 is 5.97 Å². The van der Waals surface area contributed by atoms with Crippen molar-refractivity contribution in [2.75, 3.05) is 6.54 Å². The third kappa shape index (κ3) is 2.95. The van der Waals surface area contributed by atoms with Crippen LogP contribution in [0, 0.1) is 0 Å². The Morgan fingerprint density at radius 1 is 1.50 bits per heavy atom. The Hall–Kier alpha value is -0.620. The van der Waals surface area contributed by atoms with E-state index in [1.54, 1.807) is 0 Å². The van der Waals surface area contributed by atoms with Crippen molar-refractivity contribution in [1.29, 1.82) is 0 Å². The number of carbonyl (C=O) groups is 1. The zero-order valence-corrected chi connectivity index (χ0v) is 10.5. The maximum Gasteiger partial charge on any atom is 0.323 e. The highest BCUT2D eigenvalue weighted by atomic mass is 32.2. The fraction of sp³-hybridized carbons (Fsp3) is 0.900. The first-order valence-corrected chi connectivity index (χ1v) is 7.15. The van der Waals surface area contributed by atoms with Crippen molar-refractivity contribution in [3.8, 4) is 0 Å². The topological polar surface area (TPSA) is 74.7 Å². The maximum absolute atomic E-state index is 12.0. The van der Waals surface area contributed by atoms with Gasteiger partial charge in [-0.15, -0.1) is 0 Å². The summed E-state index contributed by atoms with van der Waals surface area (Å²) in [6, 6.07) is 0.0401. The van der Waals surface area contributed by atoms with E-state index < -0.39 is 21.2 Å². The minimum atomic E-state index is -3.68. The second-order valence-electron chi connectivity index (χ2n) is 4.22. The predicted octanol–water partition coefficient (Wildman–Crippen LogP) is 1.05. The van der Waals surface area contributed by atoms with Crippen LogP contribution in [0.4, 0.5) is 0 Å². The monoisotopic (exact) mass is 249 g/mol. The minimum Gasteiger partial charge on any atom is -0.480 e. The van der Waals surface area contributed by atoms with E-state index in [1.807, 2.05) is 6.92 Å². The van der Waals surface area contributed by atoms with Crippen LogP contribution in [0.3, 0.4) is 0 Å². The van der Waals surface area contributed by atoms with Gasteiger partial charge in [-0.3, -0.25) is 4.79 Å². The average molecular weight is 249 g/mol. The van der Waals surface area contributed by atoms with Gasteiger partial charge in [-0.25, -0.2) is 8.42 Å². The molecular formula is C10H19NO4S. The highest BCUT2D eigenvalue weighted by Gasteiger charge is 2.41. The van der Waals surface area contributed by atoms with E-state index in [0.717, 1.165) is 25.7 Å². The van der Waals surface area contributed by atoms with E-state index in [1.165, 1.54) is 11.2 Å². The molecular weight excluding hydrogens is 230 g/mol. The van der Waals surface area contributed by atoms with Crippen LogP contribution in [0.2, 0.25) is 0 Å². The van der Waals surface area contributed by atoms with E-state index >= 15 is 0 Å². The average Bonchev–Trinajstić information content (AvgIpc) is 3.00. The molecule has 0 heterocycles. The van der Waals surface area contributed by atoms with Crippen LogP contribution < -0.4 is 0 Å². The fourth-order valence-corrected chi connectivity index (χ4v) is 3.20. The molecule has 0 aromatic rings. The van der Waals surface area contributed by atoms with Gasteiger partial charge < -0.3 is 5.11 Å². The van der Waals surface area contributed by atoms with Crippen molar-refractivity contribution in [2.45, 2.75) is 50.8 Å². The SMILES string of the molecule is CCCCN(C1CC1)S(=O)(=O)C(C)C(=O)O. The summed E-state index contributed by atoms with van der Waals surface area (Å²) in [5.74, 6) is -1.28. The normalized spacial score (nSPS) is 18.7. The molecule has 1 atom stereocenters. The molecule has 0 amide bonds. The Balaban J connectivity index is 2.79. The third-order valence-electron chi connectivity index (χ3n) is 2.81. The summed E-state index contributed by atoms with van der Waals surface area (Å²) in [6.07, 6.45) is 3.40. The summed E-state index contributed by atoms with van der Waals surface area (Å²) in [5.41, 5.74) is 0. The van der Waals surface area contributed by atoms with Crippen LogP contribution in [0.5, 0.6) is 0 Å². The number of aliphatic carboxylic acids is 1. The molecule has 0 aliphatic heterocycles. The Morgan fingerprint density at radius 3 is 2.44 bits per heavy atom. The first-order chi connectivity index (χ1) is 7.41. The van der Waals surface area contributed by atoms with Crippen LogP contribution in [0.15, 0.2) is 0 Å². The molecule has 5 nitrogen and oxygen atoms in total. The van der Waals surface area contributed by atoms with Gasteiger partial charge in [-0.05, 0) is 26.2 Å². The minimum absolute atomic E-state index is 0.0401. The van der Waals surface area contributed by atoms with E-state index in [2.05, 4.69) is 0 Å². The molecule has 0 bridgehead atoms. The second kappa shape index (κ2) is 5.14. The van der Waals surface area contributed by atoms with E-state index in [9.17, 15) is 13.2 Å². The van der Waals surface area contributed by atoms with E-state index in [0.29, 0.717) is 6.54 Å². The van der Waals surface area contributed by atoms with Crippen LogP contribution in [-0.2, 0) is 14.8 Å². The second-order valence-corrected chi connectivity index (χ2v) is 6.43. The zero-order chi connectivity index (χ0) is 12.3. The number of hydrogen-bond donors (Lipinski definition) is 1. The lowest BCUT2D eigenvalue weighted by atomic mass is 10.3. The maximum atomic E-state index is 12.0. The lowest BCUT2D eigenvalue weighted by Crippen LogP contribution is -2.42. The standard InChI is InChI=1S/C10H19NO4S/c1-3-4-7-11(9-5-6-9)16(14,15)8(2)10(12)13/h8-9H,3-7H2,1-2H3,(H,12,13). The lowest BCUT2D eigenvalue weighted by Gasteiger charge is -2.23. The number of rotatable bonds is 7. The molecule has 6 heteroatoms. The molecule has 1 unspecified atom stereocenters. The van der Waals surface area contributed by atoms with Crippen LogP contribution >= 0.6 is 0 Å². The molecule has 16 heavy (non-hydrogen) atoms. The number of unbranched alkanes of at least 4 members (excludes halogenated alkanes) is 1. The highest BCUT2D eigenvalue weighted by molar-refractivity contribution is 7.90. The Morgan fingerprint density at radius 2 is 2.06 bits per heavy atom. The van der Waals surface area contributed by atoms with Gasteiger partial charge in [-0.1, -0.05) is 13.3 Å². The molecule has 1 aliphatic carbocycles. The van der Waals surface area contributed by atoms with Gasteiger partial charge in [0.2, 0.25) is 10.0 Å². The summed E-state index contributed by atoms with van der Waals surface area (Å²) in [6.45, 7) is 3.67. The van der Waals surface area contributed by atoms with E-state index in [-0.39, 0.29) is 6.04 Å². The summed E-state index contributed by atoms with van der Waals surface area (Å²) in [5, 5.41) is 7.45. The van der Waals surface area contributed by atoms with Gasteiger partial charge in [0, 0.05) is 12.6 Å². The van der Waals surface area contributed by atoms with Gasteiger partial charge in [0.15, 0.2) is 5.25 Å². The third-order valence-corrected chi connectivity index (χ3v) is 5.04. The molecule has 0 radical (unpaired) electrons. The molecule has 0 aromatic heterocycles. The predicted molar refractivity (Wildman–Crippen MR) is 60.7 cm³/mol. The Kier molecular flexibility index (Phi) is 4.32. The molecule has 0 spiro atoms. The number of sulfonamides is 1. The molecule has 1 fully saturated rings. The van der Waals surface area contributed by atoms with Gasteiger partial charge in [0.05, 0.1) is 0 Å². The summed E-state index contributed by atoms with van der Waals surface area (Å²) >= 11 is 0. The van der Waals surface area contributed by atoms with Crippen molar-refractivity contribution in [3.63, 3.8) is 0 Å². The Labute approximate surface area is 96.5 Å². The summed E-state index contributed by atoms with van der Waals surface area (Å²) < 4.78 is 25.4. The van der Waals surface area contributed by atoms with Crippen molar-refractivity contribution in [3.05, 3.63) is 0 Å². The number of nitrogens with zero attached hydrogens (tertiary/aromatic N) is 1. The van der Waals surface area contributed by atoms with Crippen molar-refractivity contribution < 1.29 is 18.3 Å². The molecule has 0 saturated heterocycles. The van der Waals surface area contributed by atoms with Gasteiger partial charge in [0.1, 0.15) is 0 Å². The highest BCUT2D eigenvalue weighted by Crippen LogP contribution is 2.31. The molecule has 1 saturated carbocycles. The van der Waals surface area contributed by atoms with Gasteiger partial charge in [0.25, 0.3) is 0 Å². The van der Waals surface area contributed by atoms with E-state index in [4.69, 9.17) is 5.11 Å². The molecule has 0 aromatic carbocycles. The van der Waals surface area contributed by atoms with Crippen molar-refractivity contribution >= 4 is 16.0 Å². The van der Waals surface area contributed by atoms with Crippen LogP contribution in [-0.4, -0.2) is 41.6 Å². The first kappa shape index (κ1) is 13.4. The summed E-state index contributed by atoms with van der Waals surface area (Å²) in [4.78, 5) is 10.8. The molecule has 1 aliphatic rings. The molecule has 1 rings (SSSR count). The fourth-order valence-electron chi connectivity index (χ4n) is 1.52. The number of carboxylic acids is 1. The summed E-state index contributed by atoms with van der Waals surface area (Å²) in [7, 11) is -3.68. The van der Waals surface area contributed by atoms with Gasteiger partial charge in [-0.2, -0.15) is 4.31 Å². The first-order valence-electron chi connectivity index (χ1n) is 5.64. The Bertz CT molecular complexity index is 348. The number of carboxylic acid groups (broad SMARTS) is 1. The van der Waals surface area contributed by atoms with Crippen molar-refractivity contribution in [2.24, 2.45) is 0 Å². The quantitative estimate of drug-likeness (QED) is 0.732. The van der Waals surface area contributed by atoms with Crippen LogP contribution in [0.1, 0.15) is 39.5 Å². The smallest absolute Gasteiger partial charge is 0.323 e. The lowest BCUT2D eigenvalue weighted by molar-refractivity contribution is -0.136. The largest absolute Gasteiger partial charge is 0.480 e. The number of hydrogen-bond acceptors (Lipinski definition) is 3. The van der Waals surface area contributed by atoms with Crippen LogP contribution in [0.25, 0.3) is 0 Å². The molecule has 94 valence electrons. The van der Waals surface area contributed by atoms with Crippen molar-refractivity contribution in [1.82, 2.24) is 4.31 Å².